The summed E-state index contributed by atoms with van der Waals surface area (Å²) >= 11 is 0. The van der Waals surface area contributed by atoms with Crippen LogP contribution in [0.3, 0.4) is 0 Å². The zero-order valence-electron chi connectivity index (χ0n) is 11.8. The first-order valence-electron chi connectivity index (χ1n) is 6.17. The lowest BCUT2D eigenvalue weighted by Gasteiger charge is -2.27. The molecule has 1 aromatic rings. The molecule has 19 heavy (non-hydrogen) atoms. The van der Waals surface area contributed by atoms with E-state index in [1.54, 1.807) is 32.9 Å². The number of benzene rings is 1. The SMILES string of the molecule is CCC(C)(CO)NS(=O)(=O)c1cc(C)cc(N)c1C. The Hall–Kier alpha value is -1.11. The molecule has 0 amide bonds. The summed E-state index contributed by atoms with van der Waals surface area (Å²) in [6.45, 7) is 6.68. The zero-order valence-corrected chi connectivity index (χ0v) is 12.6. The van der Waals surface area contributed by atoms with Crippen molar-refractivity contribution in [3.8, 4) is 0 Å². The highest BCUT2D eigenvalue weighted by Crippen LogP contribution is 2.24. The number of hydrogen-bond donors (Lipinski definition) is 3. The molecule has 1 aromatic carbocycles. The average Bonchev–Trinajstić information content (AvgIpc) is 2.32. The van der Waals surface area contributed by atoms with Gasteiger partial charge in [-0.15, -0.1) is 0 Å². The third kappa shape index (κ3) is 3.46. The maximum Gasteiger partial charge on any atom is 0.241 e. The molecule has 0 aliphatic rings. The molecule has 0 bridgehead atoms. The van der Waals surface area contributed by atoms with Gasteiger partial charge in [0.25, 0.3) is 0 Å². The van der Waals surface area contributed by atoms with E-state index in [1.807, 2.05) is 6.92 Å². The van der Waals surface area contributed by atoms with Gasteiger partial charge in [0.15, 0.2) is 0 Å². The summed E-state index contributed by atoms with van der Waals surface area (Å²) in [6, 6.07) is 3.32. The van der Waals surface area contributed by atoms with Gasteiger partial charge in [-0.3, -0.25) is 0 Å². The molecule has 5 nitrogen and oxygen atoms in total. The van der Waals surface area contributed by atoms with Crippen LogP contribution in [-0.4, -0.2) is 25.7 Å². The molecule has 0 fully saturated rings. The summed E-state index contributed by atoms with van der Waals surface area (Å²) in [6.07, 6.45) is 0.489. The lowest BCUT2D eigenvalue weighted by Crippen LogP contribution is -2.48. The van der Waals surface area contributed by atoms with Gasteiger partial charge in [0, 0.05) is 5.69 Å². The van der Waals surface area contributed by atoms with E-state index < -0.39 is 15.6 Å². The van der Waals surface area contributed by atoms with Crippen molar-refractivity contribution in [1.29, 1.82) is 0 Å². The number of nitrogens with two attached hydrogens (primary N) is 1. The number of sulfonamides is 1. The van der Waals surface area contributed by atoms with Crippen LogP contribution in [0.15, 0.2) is 17.0 Å². The fourth-order valence-electron chi connectivity index (χ4n) is 1.73. The first-order chi connectivity index (χ1) is 8.65. The molecule has 0 aliphatic carbocycles. The molecule has 4 N–H and O–H groups in total. The van der Waals surface area contributed by atoms with Crippen LogP contribution in [0.1, 0.15) is 31.4 Å². The smallest absolute Gasteiger partial charge is 0.241 e. The quantitative estimate of drug-likeness (QED) is 0.712. The van der Waals surface area contributed by atoms with E-state index in [2.05, 4.69) is 4.72 Å². The van der Waals surface area contributed by atoms with E-state index in [-0.39, 0.29) is 11.5 Å². The van der Waals surface area contributed by atoms with Gasteiger partial charge in [0.05, 0.1) is 17.0 Å². The number of aliphatic hydroxyl groups is 1. The topological polar surface area (TPSA) is 92.4 Å². The van der Waals surface area contributed by atoms with Gasteiger partial charge in [-0.2, -0.15) is 0 Å². The Labute approximate surface area is 114 Å². The van der Waals surface area contributed by atoms with E-state index >= 15 is 0 Å². The summed E-state index contributed by atoms with van der Waals surface area (Å²) in [5, 5.41) is 9.32. The zero-order chi connectivity index (χ0) is 14.8. The highest BCUT2D eigenvalue weighted by atomic mass is 32.2. The molecule has 0 saturated heterocycles. The Morgan fingerprint density at radius 2 is 1.95 bits per heavy atom. The van der Waals surface area contributed by atoms with Crippen LogP contribution in [0.5, 0.6) is 0 Å². The van der Waals surface area contributed by atoms with Gasteiger partial charge in [-0.25, -0.2) is 13.1 Å². The van der Waals surface area contributed by atoms with Crippen LogP contribution in [0.2, 0.25) is 0 Å². The van der Waals surface area contributed by atoms with Crippen molar-refractivity contribution in [3.05, 3.63) is 23.3 Å². The Morgan fingerprint density at radius 1 is 1.37 bits per heavy atom. The molecule has 0 heterocycles. The minimum atomic E-state index is -3.71. The molecule has 0 saturated carbocycles. The van der Waals surface area contributed by atoms with Crippen LogP contribution < -0.4 is 10.5 Å². The van der Waals surface area contributed by atoms with Gasteiger partial charge in [0.1, 0.15) is 0 Å². The maximum atomic E-state index is 12.4. The van der Waals surface area contributed by atoms with Crippen LogP contribution in [0.4, 0.5) is 5.69 Å². The molecular formula is C13H22N2O3S. The van der Waals surface area contributed by atoms with Crippen molar-refractivity contribution < 1.29 is 13.5 Å². The van der Waals surface area contributed by atoms with Crippen molar-refractivity contribution in [1.82, 2.24) is 4.72 Å². The van der Waals surface area contributed by atoms with Crippen LogP contribution in [0, 0.1) is 13.8 Å². The molecule has 108 valence electrons. The Morgan fingerprint density at radius 3 is 2.42 bits per heavy atom. The molecule has 0 aliphatic heterocycles. The van der Waals surface area contributed by atoms with Crippen LogP contribution in [0.25, 0.3) is 0 Å². The minimum absolute atomic E-state index is 0.165. The number of nitrogens with one attached hydrogen (secondary N) is 1. The molecule has 1 atom stereocenters. The normalized spacial score (nSPS) is 15.2. The number of nitrogen functional groups attached to an aromatic ring is 1. The van der Waals surface area contributed by atoms with E-state index in [9.17, 15) is 13.5 Å². The second-order valence-electron chi connectivity index (χ2n) is 5.16. The van der Waals surface area contributed by atoms with Crippen molar-refractivity contribution in [2.24, 2.45) is 0 Å². The van der Waals surface area contributed by atoms with E-state index in [1.165, 1.54) is 0 Å². The summed E-state index contributed by atoms with van der Waals surface area (Å²) in [5.41, 5.74) is 6.69. The van der Waals surface area contributed by atoms with Crippen LogP contribution in [-0.2, 0) is 10.0 Å². The molecule has 1 rings (SSSR count). The fraction of sp³-hybridized carbons (Fsp3) is 0.538. The molecule has 0 aromatic heterocycles. The van der Waals surface area contributed by atoms with E-state index in [0.717, 1.165) is 5.56 Å². The Kier molecular flexibility index (Phi) is 4.60. The summed E-state index contributed by atoms with van der Waals surface area (Å²) in [4.78, 5) is 0.165. The van der Waals surface area contributed by atoms with Gasteiger partial charge in [0.2, 0.25) is 10.0 Å². The number of aryl methyl sites for hydroxylation is 1. The minimum Gasteiger partial charge on any atom is -0.398 e. The van der Waals surface area contributed by atoms with Gasteiger partial charge in [-0.05, 0) is 50.5 Å². The third-order valence-electron chi connectivity index (χ3n) is 3.34. The Balaban J connectivity index is 3.29. The number of hydrogen-bond acceptors (Lipinski definition) is 4. The highest BCUT2D eigenvalue weighted by molar-refractivity contribution is 7.89. The maximum absolute atomic E-state index is 12.4. The van der Waals surface area contributed by atoms with Crippen molar-refractivity contribution in [2.75, 3.05) is 12.3 Å². The summed E-state index contributed by atoms with van der Waals surface area (Å²) in [5.74, 6) is 0. The van der Waals surface area contributed by atoms with Crippen molar-refractivity contribution in [3.63, 3.8) is 0 Å². The lowest BCUT2D eigenvalue weighted by atomic mass is 10.0. The third-order valence-corrected chi connectivity index (χ3v) is 5.11. The van der Waals surface area contributed by atoms with Crippen LogP contribution >= 0.6 is 0 Å². The first-order valence-corrected chi connectivity index (χ1v) is 7.65. The molecule has 6 heteroatoms. The first kappa shape index (κ1) is 15.9. The average molecular weight is 286 g/mol. The van der Waals surface area contributed by atoms with Crippen molar-refractivity contribution in [2.45, 2.75) is 44.6 Å². The standard InChI is InChI=1S/C13H22N2O3S/c1-5-13(4,8-16)15-19(17,18)12-7-9(2)6-11(14)10(12)3/h6-7,15-16H,5,8,14H2,1-4H3. The van der Waals surface area contributed by atoms with Gasteiger partial charge >= 0.3 is 0 Å². The highest BCUT2D eigenvalue weighted by Gasteiger charge is 2.29. The predicted molar refractivity (Wildman–Crippen MR) is 76.4 cm³/mol. The lowest BCUT2D eigenvalue weighted by molar-refractivity contribution is 0.191. The summed E-state index contributed by atoms with van der Waals surface area (Å²) < 4.78 is 27.4. The van der Waals surface area contributed by atoms with Gasteiger partial charge in [-0.1, -0.05) is 6.92 Å². The molecule has 1 unspecified atom stereocenters. The predicted octanol–water partition coefficient (Wildman–Crippen LogP) is 1.32. The largest absolute Gasteiger partial charge is 0.398 e. The van der Waals surface area contributed by atoms with E-state index in [0.29, 0.717) is 17.7 Å². The molecule has 0 spiro atoms. The second kappa shape index (κ2) is 5.48. The van der Waals surface area contributed by atoms with Gasteiger partial charge < -0.3 is 10.8 Å². The fourth-order valence-corrected chi connectivity index (χ4v) is 3.56. The van der Waals surface area contributed by atoms with E-state index in [4.69, 9.17) is 5.73 Å². The summed E-state index contributed by atoms with van der Waals surface area (Å²) in [7, 11) is -3.71. The second-order valence-corrected chi connectivity index (χ2v) is 6.81. The van der Waals surface area contributed by atoms with Crippen molar-refractivity contribution >= 4 is 15.7 Å². The molecular weight excluding hydrogens is 264 g/mol. The Bertz CT molecular complexity index is 563. The number of anilines is 1. The number of rotatable bonds is 5. The monoisotopic (exact) mass is 286 g/mol. The molecule has 0 radical (unpaired) electrons. The number of aliphatic hydroxyl groups excluding tert-OH is 1.